The molecule has 0 spiro atoms. The summed E-state index contributed by atoms with van der Waals surface area (Å²) in [6, 6.07) is 5.46. The number of carbonyl (C=O) groups is 2. The van der Waals surface area contributed by atoms with Crippen molar-refractivity contribution in [2.45, 2.75) is 19.8 Å². The quantitative estimate of drug-likeness (QED) is 0.653. The van der Waals surface area contributed by atoms with Gasteiger partial charge in [0.25, 0.3) is 5.69 Å². The zero-order chi connectivity index (χ0) is 15.6. The van der Waals surface area contributed by atoms with Gasteiger partial charge in [0.1, 0.15) is 0 Å². The third kappa shape index (κ3) is 3.36. The van der Waals surface area contributed by atoms with Crippen molar-refractivity contribution in [2.75, 3.05) is 5.32 Å². The number of carbonyl (C=O) groups excluding carboxylic acids is 1. The number of amides is 1. The van der Waals surface area contributed by atoms with Crippen LogP contribution < -0.4 is 5.32 Å². The van der Waals surface area contributed by atoms with Gasteiger partial charge >= 0.3 is 5.97 Å². The van der Waals surface area contributed by atoms with Crippen molar-refractivity contribution in [1.82, 2.24) is 0 Å². The molecule has 1 amide bonds. The van der Waals surface area contributed by atoms with Gasteiger partial charge in [-0.1, -0.05) is 6.92 Å². The maximum atomic E-state index is 12.2. The van der Waals surface area contributed by atoms with Crippen LogP contribution in [-0.2, 0) is 9.59 Å². The van der Waals surface area contributed by atoms with E-state index in [4.69, 9.17) is 5.11 Å². The minimum atomic E-state index is -0.955. The van der Waals surface area contributed by atoms with E-state index in [1.54, 1.807) is 0 Å². The number of benzene rings is 1. The molecule has 1 fully saturated rings. The van der Waals surface area contributed by atoms with Gasteiger partial charge in [-0.25, -0.2) is 0 Å². The molecule has 0 heterocycles. The van der Waals surface area contributed by atoms with E-state index in [-0.39, 0.29) is 17.5 Å². The number of hydrogen-bond acceptors (Lipinski definition) is 4. The molecular weight excluding hydrogens is 276 g/mol. The number of anilines is 1. The molecule has 7 nitrogen and oxygen atoms in total. The first-order valence-corrected chi connectivity index (χ1v) is 6.66. The van der Waals surface area contributed by atoms with Crippen LogP contribution in [0, 0.1) is 27.9 Å². The molecule has 0 bridgehead atoms. The van der Waals surface area contributed by atoms with E-state index in [2.05, 4.69) is 5.32 Å². The normalized spacial score (nSPS) is 24.5. The minimum Gasteiger partial charge on any atom is -0.481 e. The molecule has 21 heavy (non-hydrogen) atoms. The summed E-state index contributed by atoms with van der Waals surface area (Å²) in [5, 5.41) is 22.3. The number of hydrogen-bond donors (Lipinski definition) is 2. The Balaban J connectivity index is 2.06. The van der Waals surface area contributed by atoms with Crippen molar-refractivity contribution in [2.24, 2.45) is 17.8 Å². The first-order chi connectivity index (χ1) is 9.88. The van der Waals surface area contributed by atoms with Gasteiger partial charge in [-0.05, 0) is 30.9 Å². The second-order valence-corrected chi connectivity index (χ2v) is 5.42. The average molecular weight is 292 g/mol. The summed E-state index contributed by atoms with van der Waals surface area (Å²) in [6.07, 6.45) is 1.03. The van der Waals surface area contributed by atoms with Gasteiger partial charge in [-0.2, -0.15) is 0 Å². The van der Waals surface area contributed by atoms with Gasteiger partial charge in [0, 0.05) is 17.8 Å². The molecule has 2 rings (SSSR count). The number of carboxylic acid groups (broad SMARTS) is 1. The number of nitro benzene ring substituents is 1. The van der Waals surface area contributed by atoms with Crippen LogP contribution in [0.15, 0.2) is 24.3 Å². The van der Waals surface area contributed by atoms with Crippen LogP contribution in [0.5, 0.6) is 0 Å². The van der Waals surface area contributed by atoms with Crippen molar-refractivity contribution < 1.29 is 19.6 Å². The lowest BCUT2D eigenvalue weighted by atomic mass is 9.95. The van der Waals surface area contributed by atoms with Gasteiger partial charge in [0.2, 0.25) is 5.91 Å². The van der Waals surface area contributed by atoms with E-state index in [1.165, 1.54) is 24.3 Å². The monoisotopic (exact) mass is 292 g/mol. The highest BCUT2D eigenvalue weighted by Crippen LogP contribution is 2.37. The van der Waals surface area contributed by atoms with Crippen LogP contribution in [0.25, 0.3) is 0 Å². The number of carboxylic acids is 1. The Morgan fingerprint density at radius 2 is 1.81 bits per heavy atom. The Labute approximate surface area is 121 Å². The fourth-order valence-corrected chi connectivity index (χ4v) is 2.76. The van der Waals surface area contributed by atoms with E-state index >= 15 is 0 Å². The van der Waals surface area contributed by atoms with Crippen LogP contribution >= 0.6 is 0 Å². The molecule has 1 unspecified atom stereocenters. The summed E-state index contributed by atoms with van der Waals surface area (Å²) < 4.78 is 0. The van der Waals surface area contributed by atoms with Gasteiger partial charge in [0.05, 0.1) is 16.8 Å². The number of non-ortho nitro benzene ring substituents is 1. The standard InChI is InChI=1S/C14H16N2O5/c1-8-6-11(12(7-8)14(18)19)13(17)15-9-2-4-10(5-3-9)16(20)21/h2-5,8,11-12H,6-7H2,1H3,(H,15,17)(H,18,19)/t8?,11-,12+/m0/s1. The first kappa shape index (κ1) is 15.0. The summed E-state index contributed by atoms with van der Waals surface area (Å²) in [5.41, 5.74) is 0.361. The van der Waals surface area contributed by atoms with E-state index in [9.17, 15) is 19.7 Å². The SMILES string of the molecule is CC1C[C@H](C(=O)Nc2ccc([N+](=O)[O-])cc2)[C@H](C(=O)O)C1. The van der Waals surface area contributed by atoms with Crippen molar-refractivity contribution in [3.05, 3.63) is 34.4 Å². The molecule has 1 aliphatic carbocycles. The third-order valence-corrected chi connectivity index (χ3v) is 3.80. The number of nitro groups is 1. The fourth-order valence-electron chi connectivity index (χ4n) is 2.76. The Kier molecular flexibility index (Phi) is 4.21. The molecule has 112 valence electrons. The third-order valence-electron chi connectivity index (χ3n) is 3.80. The highest BCUT2D eigenvalue weighted by atomic mass is 16.6. The summed E-state index contributed by atoms with van der Waals surface area (Å²) >= 11 is 0. The molecule has 0 aliphatic heterocycles. The van der Waals surface area contributed by atoms with Crippen molar-refractivity contribution >= 4 is 23.3 Å². The van der Waals surface area contributed by atoms with Crippen molar-refractivity contribution in [3.8, 4) is 0 Å². The summed E-state index contributed by atoms with van der Waals surface area (Å²) in [7, 11) is 0. The Morgan fingerprint density at radius 1 is 1.24 bits per heavy atom. The topological polar surface area (TPSA) is 110 Å². The zero-order valence-electron chi connectivity index (χ0n) is 11.5. The number of aliphatic carboxylic acids is 1. The van der Waals surface area contributed by atoms with Gasteiger partial charge in [0.15, 0.2) is 0 Å². The number of nitrogens with one attached hydrogen (secondary N) is 1. The van der Waals surface area contributed by atoms with E-state index < -0.39 is 22.7 Å². The van der Waals surface area contributed by atoms with Crippen LogP contribution in [0.2, 0.25) is 0 Å². The lowest BCUT2D eigenvalue weighted by molar-refractivity contribution is -0.384. The fraction of sp³-hybridized carbons (Fsp3) is 0.429. The number of nitrogens with zero attached hydrogens (tertiary/aromatic N) is 1. The van der Waals surface area contributed by atoms with Gasteiger partial charge < -0.3 is 10.4 Å². The molecule has 2 N–H and O–H groups in total. The van der Waals surface area contributed by atoms with Crippen molar-refractivity contribution in [1.29, 1.82) is 0 Å². The minimum absolute atomic E-state index is 0.0640. The van der Waals surface area contributed by atoms with Gasteiger partial charge in [-0.3, -0.25) is 19.7 Å². The molecule has 1 aliphatic rings. The largest absolute Gasteiger partial charge is 0.481 e. The Morgan fingerprint density at radius 3 is 2.33 bits per heavy atom. The Bertz CT molecular complexity index is 569. The van der Waals surface area contributed by atoms with Crippen LogP contribution in [0.1, 0.15) is 19.8 Å². The molecule has 7 heteroatoms. The lowest BCUT2D eigenvalue weighted by Gasteiger charge is -2.15. The molecular formula is C14H16N2O5. The molecule has 0 aromatic heterocycles. The maximum Gasteiger partial charge on any atom is 0.307 e. The van der Waals surface area contributed by atoms with E-state index in [0.717, 1.165) is 0 Å². The second kappa shape index (κ2) is 5.90. The average Bonchev–Trinajstić information content (AvgIpc) is 2.82. The highest BCUT2D eigenvalue weighted by molar-refractivity contribution is 5.95. The maximum absolute atomic E-state index is 12.2. The summed E-state index contributed by atoms with van der Waals surface area (Å²) in [6.45, 7) is 1.93. The molecule has 1 saturated carbocycles. The molecule has 0 saturated heterocycles. The molecule has 3 atom stereocenters. The summed E-state index contributed by atoms with van der Waals surface area (Å²) in [4.78, 5) is 33.4. The second-order valence-electron chi connectivity index (χ2n) is 5.42. The van der Waals surface area contributed by atoms with Crippen molar-refractivity contribution in [3.63, 3.8) is 0 Å². The van der Waals surface area contributed by atoms with Gasteiger partial charge in [-0.15, -0.1) is 0 Å². The molecule has 1 aromatic rings. The van der Waals surface area contributed by atoms with Crippen LogP contribution in [0.3, 0.4) is 0 Å². The predicted molar refractivity (Wildman–Crippen MR) is 74.7 cm³/mol. The summed E-state index contributed by atoms with van der Waals surface area (Å²) in [5.74, 6) is -2.34. The predicted octanol–water partition coefficient (Wildman–Crippen LogP) is 2.28. The number of rotatable bonds is 4. The zero-order valence-corrected chi connectivity index (χ0v) is 11.5. The molecule has 0 radical (unpaired) electrons. The molecule has 1 aromatic carbocycles. The van der Waals surface area contributed by atoms with Crippen LogP contribution in [0.4, 0.5) is 11.4 Å². The van der Waals surface area contributed by atoms with E-state index in [0.29, 0.717) is 18.5 Å². The lowest BCUT2D eigenvalue weighted by Crippen LogP contribution is -2.29. The first-order valence-electron chi connectivity index (χ1n) is 6.66. The Hall–Kier alpha value is -2.44. The highest BCUT2D eigenvalue weighted by Gasteiger charge is 2.41. The van der Waals surface area contributed by atoms with Crippen LogP contribution in [-0.4, -0.2) is 21.9 Å². The van der Waals surface area contributed by atoms with E-state index in [1.807, 2.05) is 6.92 Å². The smallest absolute Gasteiger partial charge is 0.307 e.